The third-order valence-corrected chi connectivity index (χ3v) is 3.89. The number of ether oxygens (including phenoxy) is 1. The molecule has 0 spiro atoms. The fourth-order valence-electron chi connectivity index (χ4n) is 2.58. The minimum atomic E-state index is -0.0718. The van der Waals surface area contributed by atoms with Crippen molar-refractivity contribution < 1.29 is 9.53 Å². The average molecular weight is 326 g/mol. The number of anilines is 1. The van der Waals surface area contributed by atoms with E-state index in [1.54, 1.807) is 4.90 Å². The van der Waals surface area contributed by atoms with E-state index in [9.17, 15) is 4.79 Å². The summed E-state index contributed by atoms with van der Waals surface area (Å²) < 4.78 is 5.67. The SMILES string of the molecule is CCN(C(=O)COc1cc(C(C)C)cc(C)n1)c1cccc(C)c1. The largest absolute Gasteiger partial charge is 0.468 e. The van der Waals surface area contributed by atoms with Crippen LogP contribution in [0.25, 0.3) is 0 Å². The van der Waals surface area contributed by atoms with Crippen LogP contribution in [0.4, 0.5) is 5.69 Å². The van der Waals surface area contributed by atoms with Gasteiger partial charge in [0, 0.05) is 24.0 Å². The number of rotatable bonds is 6. The number of carbonyl (C=O) groups is 1. The second-order valence-electron chi connectivity index (χ2n) is 6.30. The van der Waals surface area contributed by atoms with E-state index >= 15 is 0 Å². The molecule has 128 valence electrons. The number of carbonyl (C=O) groups excluding carboxylic acids is 1. The maximum Gasteiger partial charge on any atom is 0.264 e. The van der Waals surface area contributed by atoms with E-state index in [0.717, 1.165) is 22.5 Å². The molecular weight excluding hydrogens is 300 g/mol. The first-order valence-corrected chi connectivity index (χ1v) is 8.39. The third kappa shape index (κ3) is 4.57. The van der Waals surface area contributed by atoms with Crippen molar-refractivity contribution in [1.82, 2.24) is 4.98 Å². The lowest BCUT2D eigenvalue weighted by Crippen LogP contribution is -2.34. The third-order valence-electron chi connectivity index (χ3n) is 3.89. The molecule has 0 N–H and O–H groups in total. The lowest BCUT2D eigenvalue weighted by atomic mass is 10.0. The molecule has 0 saturated carbocycles. The van der Waals surface area contributed by atoms with Gasteiger partial charge in [-0.2, -0.15) is 0 Å². The summed E-state index contributed by atoms with van der Waals surface area (Å²) >= 11 is 0. The number of hydrogen-bond acceptors (Lipinski definition) is 3. The van der Waals surface area contributed by atoms with Crippen LogP contribution in [-0.4, -0.2) is 24.0 Å². The molecule has 0 aliphatic rings. The maximum absolute atomic E-state index is 12.5. The van der Waals surface area contributed by atoms with Gasteiger partial charge in [0.15, 0.2) is 6.61 Å². The van der Waals surface area contributed by atoms with Crippen LogP contribution in [0.2, 0.25) is 0 Å². The molecule has 24 heavy (non-hydrogen) atoms. The highest BCUT2D eigenvalue weighted by atomic mass is 16.5. The summed E-state index contributed by atoms with van der Waals surface area (Å²) in [5.41, 5.74) is 4.08. The van der Waals surface area contributed by atoms with Crippen LogP contribution in [0.15, 0.2) is 36.4 Å². The van der Waals surface area contributed by atoms with E-state index < -0.39 is 0 Å². The normalized spacial score (nSPS) is 10.8. The lowest BCUT2D eigenvalue weighted by molar-refractivity contribution is -0.120. The highest BCUT2D eigenvalue weighted by Crippen LogP contribution is 2.20. The summed E-state index contributed by atoms with van der Waals surface area (Å²) in [7, 11) is 0. The number of nitrogens with zero attached hydrogens (tertiary/aromatic N) is 2. The Labute approximate surface area is 144 Å². The van der Waals surface area contributed by atoms with E-state index in [1.165, 1.54) is 0 Å². The summed E-state index contributed by atoms with van der Waals surface area (Å²) in [4.78, 5) is 18.6. The fraction of sp³-hybridized carbons (Fsp3) is 0.400. The molecule has 0 aliphatic heterocycles. The van der Waals surface area contributed by atoms with E-state index in [1.807, 2.05) is 57.2 Å². The van der Waals surface area contributed by atoms with Gasteiger partial charge >= 0.3 is 0 Å². The standard InChI is InChI=1S/C20H26N2O2/c1-6-22(18-9-7-8-15(4)10-18)20(23)13-24-19-12-17(14(2)3)11-16(5)21-19/h7-12,14H,6,13H2,1-5H3. The molecule has 2 rings (SSSR count). The fourth-order valence-corrected chi connectivity index (χ4v) is 2.58. The predicted octanol–water partition coefficient (Wildman–Crippen LogP) is 4.25. The van der Waals surface area contributed by atoms with Gasteiger partial charge in [0.05, 0.1) is 0 Å². The van der Waals surface area contributed by atoms with Crippen molar-refractivity contribution in [3.05, 3.63) is 53.2 Å². The Kier molecular flexibility index (Phi) is 5.96. The molecule has 4 heteroatoms. The molecule has 1 amide bonds. The van der Waals surface area contributed by atoms with E-state index in [2.05, 4.69) is 18.8 Å². The second-order valence-corrected chi connectivity index (χ2v) is 6.30. The predicted molar refractivity (Wildman–Crippen MR) is 97.8 cm³/mol. The summed E-state index contributed by atoms with van der Waals surface area (Å²) in [6, 6.07) is 11.9. The average Bonchev–Trinajstić information content (AvgIpc) is 2.53. The van der Waals surface area contributed by atoms with E-state index in [0.29, 0.717) is 18.3 Å². The zero-order valence-electron chi connectivity index (χ0n) is 15.2. The van der Waals surface area contributed by atoms with Gasteiger partial charge in [-0.1, -0.05) is 26.0 Å². The van der Waals surface area contributed by atoms with Crippen molar-refractivity contribution >= 4 is 11.6 Å². The van der Waals surface area contributed by atoms with Gasteiger partial charge in [0.1, 0.15) is 0 Å². The van der Waals surface area contributed by atoms with Crippen LogP contribution in [-0.2, 0) is 4.79 Å². The minimum Gasteiger partial charge on any atom is -0.468 e. The van der Waals surface area contributed by atoms with Gasteiger partial charge < -0.3 is 9.64 Å². The zero-order valence-corrected chi connectivity index (χ0v) is 15.2. The molecule has 4 nitrogen and oxygen atoms in total. The smallest absolute Gasteiger partial charge is 0.264 e. The number of pyridine rings is 1. The quantitative estimate of drug-likeness (QED) is 0.797. The summed E-state index contributed by atoms with van der Waals surface area (Å²) in [5, 5.41) is 0. The Balaban J connectivity index is 2.09. The zero-order chi connectivity index (χ0) is 17.7. The molecule has 0 fully saturated rings. The van der Waals surface area contributed by atoms with Crippen LogP contribution in [0, 0.1) is 13.8 Å². The maximum atomic E-state index is 12.5. The topological polar surface area (TPSA) is 42.4 Å². The Bertz CT molecular complexity index is 711. The van der Waals surface area contributed by atoms with Crippen molar-refractivity contribution in [3.63, 3.8) is 0 Å². The van der Waals surface area contributed by atoms with Crippen LogP contribution in [0.5, 0.6) is 5.88 Å². The summed E-state index contributed by atoms with van der Waals surface area (Å²) in [6.07, 6.45) is 0. The van der Waals surface area contributed by atoms with Crippen molar-refractivity contribution in [2.75, 3.05) is 18.1 Å². The second kappa shape index (κ2) is 7.95. The first-order chi connectivity index (χ1) is 11.4. The Morgan fingerprint density at radius 2 is 1.96 bits per heavy atom. The van der Waals surface area contributed by atoms with Crippen molar-refractivity contribution in [1.29, 1.82) is 0 Å². The van der Waals surface area contributed by atoms with Crippen LogP contribution in [0.1, 0.15) is 43.5 Å². The van der Waals surface area contributed by atoms with Gasteiger partial charge in [-0.25, -0.2) is 4.98 Å². The van der Waals surface area contributed by atoms with Crippen LogP contribution < -0.4 is 9.64 Å². The molecule has 0 bridgehead atoms. The molecule has 0 aliphatic carbocycles. The monoisotopic (exact) mass is 326 g/mol. The van der Waals surface area contributed by atoms with Gasteiger partial charge in [-0.05, 0) is 56.0 Å². The molecule has 2 aromatic rings. The number of amides is 1. The van der Waals surface area contributed by atoms with Crippen molar-refractivity contribution in [3.8, 4) is 5.88 Å². The number of likely N-dealkylation sites (N-methyl/N-ethyl adjacent to an activating group) is 1. The Morgan fingerprint density at radius 3 is 2.58 bits per heavy atom. The van der Waals surface area contributed by atoms with Gasteiger partial charge in [0.25, 0.3) is 5.91 Å². The highest BCUT2D eigenvalue weighted by molar-refractivity contribution is 5.94. The molecule has 0 atom stereocenters. The molecule has 0 unspecified atom stereocenters. The van der Waals surface area contributed by atoms with E-state index in [-0.39, 0.29) is 12.5 Å². The summed E-state index contributed by atoms with van der Waals surface area (Å²) in [5.74, 6) is 0.828. The van der Waals surface area contributed by atoms with Gasteiger partial charge in [-0.3, -0.25) is 4.79 Å². The van der Waals surface area contributed by atoms with Gasteiger partial charge in [0.2, 0.25) is 5.88 Å². The van der Waals surface area contributed by atoms with Crippen LogP contribution in [0.3, 0.4) is 0 Å². The Hall–Kier alpha value is -2.36. The molecule has 0 saturated heterocycles. The number of aromatic nitrogens is 1. The van der Waals surface area contributed by atoms with Gasteiger partial charge in [-0.15, -0.1) is 0 Å². The van der Waals surface area contributed by atoms with Crippen molar-refractivity contribution in [2.45, 2.75) is 40.5 Å². The van der Waals surface area contributed by atoms with E-state index in [4.69, 9.17) is 4.74 Å². The first kappa shape index (κ1) is 18.0. The minimum absolute atomic E-state index is 0.0181. The van der Waals surface area contributed by atoms with Crippen LogP contribution >= 0.6 is 0 Å². The molecule has 0 radical (unpaired) electrons. The lowest BCUT2D eigenvalue weighted by Gasteiger charge is -2.21. The number of hydrogen-bond donors (Lipinski definition) is 0. The molecular formula is C20H26N2O2. The van der Waals surface area contributed by atoms with Crippen molar-refractivity contribution in [2.24, 2.45) is 0 Å². The molecule has 1 aromatic carbocycles. The highest BCUT2D eigenvalue weighted by Gasteiger charge is 2.15. The Morgan fingerprint density at radius 1 is 1.21 bits per heavy atom. The summed E-state index contributed by atoms with van der Waals surface area (Å²) in [6.45, 7) is 10.7. The molecule has 1 aromatic heterocycles. The number of aryl methyl sites for hydroxylation is 2. The first-order valence-electron chi connectivity index (χ1n) is 8.39. The molecule has 1 heterocycles. The number of benzene rings is 1.